The van der Waals surface area contributed by atoms with E-state index in [2.05, 4.69) is 4.99 Å². The molecule has 2 N–H and O–H groups in total. The van der Waals surface area contributed by atoms with E-state index in [9.17, 15) is 4.79 Å². The first-order chi connectivity index (χ1) is 5.83. The molecule has 1 heterocycles. The molecule has 1 aromatic rings. The Kier molecular flexibility index (Phi) is 1.32. The van der Waals surface area contributed by atoms with Gasteiger partial charge in [0.2, 0.25) is 0 Å². The molecule has 0 fully saturated rings. The van der Waals surface area contributed by atoms with Crippen molar-refractivity contribution in [3.63, 3.8) is 0 Å². The Bertz CT molecular complexity index is 496. The van der Waals surface area contributed by atoms with Crippen molar-refractivity contribution < 1.29 is 4.79 Å². The van der Waals surface area contributed by atoms with Gasteiger partial charge in [0.15, 0.2) is 11.6 Å². The van der Waals surface area contributed by atoms with Crippen LogP contribution in [0.15, 0.2) is 35.0 Å². The fourth-order valence-corrected chi connectivity index (χ4v) is 1.18. The number of nitrogens with two attached hydrogens (primary N) is 1. The van der Waals surface area contributed by atoms with Crippen molar-refractivity contribution in [3.8, 4) is 0 Å². The van der Waals surface area contributed by atoms with E-state index >= 15 is 0 Å². The highest BCUT2D eigenvalue weighted by Gasteiger charge is 2.08. The summed E-state index contributed by atoms with van der Waals surface area (Å²) in [6, 6.07) is 7.35. The third-order valence-corrected chi connectivity index (χ3v) is 1.78. The van der Waals surface area contributed by atoms with Crippen LogP contribution in [0.4, 0.5) is 0 Å². The molecule has 1 aliphatic heterocycles. The van der Waals surface area contributed by atoms with Gasteiger partial charge in [-0.05, 0) is 6.07 Å². The van der Waals surface area contributed by atoms with Crippen molar-refractivity contribution in [1.29, 1.82) is 0 Å². The first-order valence-corrected chi connectivity index (χ1v) is 3.52. The smallest absolute Gasteiger partial charge is 0.171 e. The summed E-state index contributed by atoms with van der Waals surface area (Å²) in [4.78, 5) is 14.3. The average Bonchev–Trinajstić information content (AvgIpc) is 2.44. The van der Waals surface area contributed by atoms with E-state index in [0.717, 1.165) is 10.6 Å². The van der Waals surface area contributed by atoms with Crippen LogP contribution in [-0.4, -0.2) is 5.94 Å². The Balaban J connectivity index is 2.99. The van der Waals surface area contributed by atoms with Crippen molar-refractivity contribution in [2.45, 2.75) is 0 Å². The molecule has 0 amide bonds. The normalized spacial score (nSPS) is 13.7. The van der Waals surface area contributed by atoms with Gasteiger partial charge in [-0.1, -0.05) is 18.2 Å². The minimum absolute atomic E-state index is 0.205. The van der Waals surface area contributed by atoms with E-state index in [1.54, 1.807) is 5.94 Å². The molecule has 0 radical (unpaired) electrons. The van der Waals surface area contributed by atoms with Gasteiger partial charge >= 0.3 is 0 Å². The average molecular weight is 158 g/mol. The number of hydrogen-bond acceptors (Lipinski definition) is 3. The van der Waals surface area contributed by atoms with Crippen molar-refractivity contribution in [3.05, 3.63) is 40.5 Å². The van der Waals surface area contributed by atoms with Crippen LogP contribution in [0.25, 0.3) is 5.70 Å². The van der Waals surface area contributed by atoms with Crippen LogP contribution in [0.2, 0.25) is 0 Å². The van der Waals surface area contributed by atoms with Gasteiger partial charge in [0, 0.05) is 5.22 Å². The third kappa shape index (κ3) is 0.775. The van der Waals surface area contributed by atoms with E-state index in [-0.39, 0.29) is 5.70 Å². The van der Waals surface area contributed by atoms with Crippen molar-refractivity contribution in [2.75, 3.05) is 0 Å². The maximum atomic E-state index is 10.3. The first kappa shape index (κ1) is 6.83. The Morgan fingerprint density at radius 3 is 2.75 bits per heavy atom. The number of carbonyl (C=O) groups excluding carboxylic acids is 1. The molecule has 3 nitrogen and oxygen atoms in total. The predicted octanol–water partition coefficient (Wildman–Crippen LogP) is -0.898. The maximum Gasteiger partial charge on any atom is 0.171 e. The van der Waals surface area contributed by atoms with Crippen LogP contribution < -0.4 is 16.3 Å². The van der Waals surface area contributed by atoms with Crippen LogP contribution in [0.5, 0.6) is 0 Å². The first-order valence-electron chi connectivity index (χ1n) is 3.52. The molecule has 0 saturated carbocycles. The molecule has 0 spiro atoms. The summed E-state index contributed by atoms with van der Waals surface area (Å²) in [5.41, 5.74) is 6.25. The second kappa shape index (κ2) is 2.32. The van der Waals surface area contributed by atoms with Gasteiger partial charge in [-0.15, -0.1) is 0 Å². The molecule has 1 aliphatic rings. The molecular weight excluding hydrogens is 152 g/mol. The zero-order chi connectivity index (χ0) is 8.55. The number of para-hydroxylation sites is 1. The lowest BCUT2D eigenvalue weighted by Crippen LogP contribution is -2.24. The molecule has 0 bridgehead atoms. The third-order valence-electron chi connectivity index (χ3n) is 1.78. The molecular formula is C9H6N2O. The van der Waals surface area contributed by atoms with Gasteiger partial charge in [-0.3, -0.25) is 0 Å². The molecule has 0 atom stereocenters. The standard InChI is InChI=1S/C9H6N2O/c10-9-6-3-1-2-4-7(6)11-8(9)5-12/h1-4H,10H2. The Morgan fingerprint density at radius 1 is 1.33 bits per heavy atom. The second-order valence-electron chi connectivity index (χ2n) is 2.49. The lowest BCUT2D eigenvalue weighted by atomic mass is 10.2. The summed E-state index contributed by atoms with van der Waals surface area (Å²) in [6.07, 6.45) is 0. The van der Waals surface area contributed by atoms with E-state index in [0.29, 0.717) is 5.70 Å². The Labute approximate surface area is 68.5 Å². The molecule has 0 unspecified atom stereocenters. The molecule has 0 aliphatic carbocycles. The van der Waals surface area contributed by atoms with Gasteiger partial charge < -0.3 is 5.73 Å². The zero-order valence-electron chi connectivity index (χ0n) is 6.24. The fourth-order valence-electron chi connectivity index (χ4n) is 1.18. The SMILES string of the molecule is NC1=c2ccccc2=NC1=C=O. The molecule has 3 heteroatoms. The van der Waals surface area contributed by atoms with Crippen LogP contribution in [0.3, 0.4) is 0 Å². The van der Waals surface area contributed by atoms with Gasteiger partial charge in [0.25, 0.3) is 0 Å². The number of fused-ring (bicyclic) bond motifs is 1. The fraction of sp³-hybridized carbons (Fsp3) is 0. The summed E-state index contributed by atoms with van der Waals surface area (Å²) in [5.74, 6) is 1.70. The predicted molar refractivity (Wildman–Crippen MR) is 44.0 cm³/mol. The molecule has 1 aromatic carbocycles. The van der Waals surface area contributed by atoms with E-state index in [1.165, 1.54) is 0 Å². The highest BCUT2D eigenvalue weighted by atomic mass is 16.1. The minimum Gasteiger partial charge on any atom is -0.396 e. The summed E-state index contributed by atoms with van der Waals surface area (Å²) in [5, 5.41) is 1.56. The monoisotopic (exact) mass is 158 g/mol. The van der Waals surface area contributed by atoms with Gasteiger partial charge in [-0.2, -0.15) is 0 Å². The van der Waals surface area contributed by atoms with Crippen LogP contribution in [0.1, 0.15) is 0 Å². The highest BCUT2D eigenvalue weighted by Crippen LogP contribution is 2.01. The summed E-state index contributed by atoms with van der Waals surface area (Å²) in [6.45, 7) is 0. The largest absolute Gasteiger partial charge is 0.396 e. The maximum absolute atomic E-state index is 10.3. The van der Waals surface area contributed by atoms with Gasteiger partial charge in [0.1, 0.15) is 0 Å². The van der Waals surface area contributed by atoms with Crippen molar-refractivity contribution in [2.24, 2.45) is 10.7 Å². The summed E-state index contributed by atoms with van der Waals surface area (Å²) < 4.78 is 0. The molecule has 0 saturated heterocycles. The van der Waals surface area contributed by atoms with Gasteiger partial charge in [-0.25, -0.2) is 9.79 Å². The lowest BCUT2D eigenvalue weighted by Gasteiger charge is -1.86. The Morgan fingerprint density at radius 2 is 2.08 bits per heavy atom. The van der Waals surface area contributed by atoms with Crippen LogP contribution in [-0.2, 0) is 4.79 Å². The molecule has 2 rings (SSSR count). The molecule has 12 heavy (non-hydrogen) atoms. The van der Waals surface area contributed by atoms with Crippen LogP contribution in [0, 0.1) is 0 Å². The van der Waals surface area contributed by atoms with E-state index in [4.69, 9.17) is 5.73 Å². The summed E-state index contributed by atoms with van der Waals surface area (Å²) >= 11 is 0. The number of hydrogen-bond donors (Lipinski definition) is 1. The Hall–Kier alpha value is -1.86. The van der Waals surface area contributed by atoms with E-state index in [1.807, 2.05) is 24.3 Å². The van der Waals surface area contributed by atoms with Crippen molar-refractivity contribution >= 4 is 11.6 Å². The number of benzene rings is 1. The quantitative estimate of drug-likeness (QED) is 0.497. The number of rotatable bonds is 0. The topological polar surface area (TPSA) is 55.4 Å². The van der Waals surface area contributed by atoms with Crippen LogP contribution >= 0.6 is 0 Å². The number of nitrogens with zero attached hydrogens (tertiary/aromatic N) is 1. The zero-order valence-corrected chi connectivity index (χ0v) is 6.24. The van der Waals surface area contributed by atoms with Crippen molar-refractivity contribution in [1.82, 2.24) is 0 Å². The van der Waals surface area contributed by atoms with Gasteiger partial charge in [0.05, 0.1) is 11.1 Å². The lowest BCUT2D eigenvalue weighted by molar-refractivity contribution is 0.567. The summed E-state index contributed by atoms with van der Waals surface area (Å²) in [7, 11) is 0. The highest BCUT2D eigenvalue weighted by molar-refractivity contribution is 5.76. The molecule has 0 aromatic heterocycles. The van der Waals surface area contributed by atoms with E-state index < -0.39 is 0 Å². The second-order valence-corrected chi connectivity index (χ2v) is 2.49. The minimum atomic E-state index is 0.205. The molecule has 58 valence electrons.